The zero-order valence-electron chi connectivity index (χ0n) is 12.2. The summed E-state index contributed by atoms with van der Waals surface area (Å²) in [6.07, 6.45) is 0. The molecule has 1 heterocycles. The average molecular weight is 312 g/mol. The van der Waals surface area contributed by atoms with Crippen LogP contribution in [-0.4, -0.2) is 45.1 Å². The maximum atomic E-state index is 11.7. The Hall–Kier alpha value is -1.76. The molecular formula is C14H20N2O4S. The minimum Gasteiger partial charge on any atom is -0.462 e. The number of hydrogen-bond donors (Lipinski definition) is 1. The normalized spacial score (nSPS) is 21.0. The van der Waals surface area contributed by atoms with E-state index in [2.05, 4.69) is 0 Å². The van der Waals surface area contributed by atoms with E-state index in [0.29, 0.717) is 24.4 Å². The van der Waals surface area contributed by atoms with Crippen molar-refractivity contribution in [1.29, 1.82) is 0 Å². The van der Waals surface area contributed by atoms with Crippen LogP contribution in [0.1, 0.15) is 24.2 Å². The third-order valence-corrected chi connectivity index (χ3v) is 5.31. The lowest BCUT2D eigenvalue weighted by atomic mass is 10.1. The Kier molecular flexibility index (Phi) is 4.41. The second-order valence-corrected chi connectivity index (χ2v) is 7.38. The van der Waals surface area contributed by atoms with Gasteiger partial charge >= 0.3 is 5.97 Å². The molecule has 1 aliphatic heterocycles. The predicted octanol–water partition coefficient (Wildman–Crippen LogP) is 1.07. The average Bonchev–Trinajstić information content (AvgIpc) is 2.39. The van der Waals surface area contributed by atoms with Gasteiger partial charge in [0.05, 0.1) is 35.1 Å². The number of nitrogens with zero attached hydrogens (tertiary/aromatic N) is 1. The minimum absolute atomic E-state index is 0.117. The Morgan fingerprint density at radius 3 is 2.76 bits per heavy atom. The smallest absolute Gasteiger partial charge is 0.338 e. The maximum Gasteiger partial charge on any atom is 0.338 e. The summed E-state index contributed by atoms with van der Waals surface area (Å²) in [5, 5.41) is 0. The molecule has 1 unspecified atom stereocenters. The molecule has 2 rings (SSSR count). The van der Waals surface area contributed by atoms with Crippen molar-refractivity contribution in [2.75, 3.05) is 35.3 Å². The summed E-state index contributed by atoms with van der Waals surface area (Å²) in [6.45, 7) is 4.31. The van der Waals surface area contributed by atoms with E-state index in [1.54, 1.807) is 25.1 Å². The van der Waals surface area contributed by atoms with Gasteiger partial charge in [0.15, 0.2) is 9.84 Å². The van der Waals surface area contributed by atoms with Crippen molar-refractivity contribution in [2.45, 2.75) is 19.9 Å². The molecule has 6 nitrogen and oxygen atoms in total. The number of anilines is 2. The number of sulfone groups is 1. The summed E-state index contributed by atoms with van der Waals surface area (Å²) >= 11 is 0. The minimum atomic E-state index is -2.97. The van der Waals surface area contributed by atoms with E-state index in [-0.39, 0.29) is 17.5 Å². The number of esters is 1. The summed E-state index contributed by atoms with van der Waals surface area (Å²) in [7, 11) is -2.97. The number of nitrogens with two attached hydrogens (primary N) is 1. The van der Waals surface area contributed by atoms with Gasteiger partial charge < -0.3 is 15.4 Å². The Labute approximate surface area is 124 Å². The molecule has 1 aliphatic rings. The quantitative estimate of drug-likeness (QED) is 0.663. The van der Waals surface area contributed by atoms with E-state index in [1.807, 2.05) is 11.8 Å². The Bertz CT molecular complexity index is 642. The highest BCUT2D eigenvalue weighted by molar-refractivity contribution is 7.91. The lowest BCUT2D eigenvalue weighted by Gasteiger charge is -2.35. The SMILES string of the molecule is CCOC(=O)c1ccc(N2CCS(=O)(=O)CC2C)c(N)c1. The molecule has 7 heteroatoms. The van der Waals surface area contributed by atoms with Crippen LogP contribution in [0.2, 0.25) is 0 Å². The summed E-state index contributed by atoms with van der Waals surface area (Å²) < 4.78 is 28.2. The van der Waals surface area contributed by atoms with Crippen LogP contribution < -0.4 is 10.6 Å². The fraction of sp³-hybridized carbons (Fsp3) is 0.500. The van der Waals surface area contributed by atoms with E-state index in [9.17, 15) is 13.2 Å². The van der Waals surface area contributed by atoms with Crippen molar-refractivity contribution < 1.29 is 17.9 Å². The zero-order valence-corrected chi connectivity index (χ0v) is 13.0. The number of nitrogen functional groups attached to an aromatic ring is 1. The molecule has 0 aliphatic carbocycles. The fourth-order valence-corrected chi connectivity index (χ4v) is 4.07. The molecule has 1 aromatic rings. The van der Waals surface area contributed by atoms with Crippen molar-refractivity contribution in [3.8, 4) is 0 Å². The third-order valence-electron chi connectivity index (χ3n) is 3.52. The first-order chi connectivity index (χ1) is 9.84. The predicted molar refractivity (Wildman–Crippen MR) is 82.3 cm³/mol. The van der Waals surface area contributed by atoms with Crippen LogP contribution >= 0.6 is 0 Å². The molecule has 1 atom stereocenters. The first kappa shape index (κ1) is 15.6. The first-order valence-corrected chi connectivity index (χ1v) is 8.70. The van der Waals surface area contributed by atoms with Crippen LogP contribution in [-0.2, 0) is 14.6 Å². The molecule has 2 N–H and O–H groups in total. The lowest BCUT2D eigenvalue weighted by molar-refractivity contribution is 0.0526. The number of ether oxygens (including phenoxy) is 1. The zero-order chi connectivity index (χ0) is 15.6. The van der Waals surface area contributed by atoms with Crippen LogP contribution in [0.4, 0.5) is 11.4 Å². The Morgan fingerprint density at radius 2 is 2.19 bits per heavy atom. The number of carbonyl (C=O) groups is 1. The Morgan fingerprint density at radius 1 is 1.48 bits per heavy atom. The van der Waals surface area contributed by atoms with Gasteiger partial charge in [0.25, 0.3) is 0 Å². The van der Waals surface area contributed by atoms with Gasteiger partial charge in [-0.1, -0.05) is 0 Å². The number of hydrogen-bond acceptors (Lipinski definition) is 6. The van der Waals surface area contributed by atoms with E-state index >= 15 is 0 Å². The molecule has 0 aromatic heterocycles. The number of carbonyl (C=O) groups excluding carboxylic acids is 1. The van der Waals surface area contributed by atoms with Crippen LogP contribution in [0.3, 0.4) is 0 Å². The van der Waals surface area contributed by atoms with Gasteiger partial charge in [-0.3, -0.25) is 0 Å². The van der Waals surface area contributed by atoms with Gasteiger partial charge in [0, 0.05) is 12.6 Å². The highest BCUT2D eigenvalue weighted by atomic mass is 32.2. The van der Waals surface area contributed by atoms with Gasteiger partial charge in [-0.25, -0.2) is 13.2 Å². The first-order valence-electron chi connectivity index (χ1n) is 6.88. The largest absolute Gasteiger partial charge is 0.462 e. The Balaban J connectivity index is 2.23. The molecule has 0 saturated carbocycles. The van der Waals surface area contributed by atoms with Gasteiger partial charge in [0.1, 0.15) is 0 Å². The standard InChI is InChI=1S/C14H20N2O4S/c1-3-20-14(17)11-4-5-13(12(15)8-11)16-6-7-21(18,19)9-10(16)2/h4-5,8,10H,3,6-7,9,15H2,1-2H3. The van der Waals surface area contributed by atoms with Crippen molar-refractivity contribution in [3.63, 3.8) is 0 Å². The van der Waals surface area contributed by atoms with Gasteiger partial charge in [-0.05, 0) is 32.0 Å². The summed E-state index contributed by atoms with van der Waals surface area (Å²) in [5.74, 6) is -0.173. The van der Waals surface area contributed by atoms with Gasteiger partial charge in [0.2, 0.25) is 0 Å². The van der Waals surface area contributed by atoms with Crippen molar-refractivity contribution in [2.24, 2.45) is 0 Å². The molecule has 1 fully saturated rings. The molecule has 0 amide bonds. The summed E-state index contributed by atoms with van der Waals surface area (Å²) in [6, 6.07) is 4.83. The molecule has 1 saturated heterocycles. The van der Waals surface area contributed by atoms with E-state index in [1.165, 1.54) is 0 Å². The highest BCUT2D eigenvalue weighted by Gasteiger charge is 2.29. The van der Waals surface area contributed by atoms with Crippen molar-refractivity contribution in [3.05, 3.63) is 23.8 Å². The molecule has 0 radical (unpaired) electrons. The third kappa shape index (κ3) is 3.47. The van der Waals surface area contributed by atoms with Crippen LogP contribution in [0, 0.1) is 0 Å². The second kappa shape index (κ2) is 5.93. The monoisotopic (exact) mass is 312 g/mol. The molecule has 1 aromatic carbocycles. The number of benzene rings is 1. The topological polar surface area (TPSA) is 89.7 Å². The summed E-state index contributed by atoms with van der Waals surface area (Å²) in [4.78, 5) is 13.6. The van der Waals surface area contributed by atoms with E-state index < -0.39 is 15.8 Å². The second-order valence-electron chi connectivity index (χ2n) is 5.15. The molecular weight excluding hydrogens is 292 g/mol. The maximum absolute atomic E-state index is 11.7. The lowest BCUT2D eigenvalue weighted by Crippen LogP contribution is -2.47. The number of rotatable bonds is 3. The van der Waals surface area contributed by atoms with Crippen molar-refractivity contribution in [1.82, 2.24) is 0 Å². The van der Waals surface area contributed by atoms with E-state index in [4.69, 9.17) is 10.5 Å². The molecule has 0 spiro atoms. The van der Waals surface area contributed by atoms with Crippen LogP contribution in [0.15, 0.2) is 18.2 Å². The molecule has 0 bridgehead atoms. The summed E-state index contributed by atoms with van der Waals surface area (Å²) in [5.41, 5.74) is 7.62. The van der Waals surface area contributed by atoms with Crippen LogP contribution in [0.25, 0.3) is 0 Å². The highest BCUT2D eigenvalue weighted by Crippen LogP contribution is 2.28. The van der Waals surface area contributed by atoms with Gasteiger partial charge in [-0.15, -0.1) is 0 Å². The van der Waals surface area contributed by atoms with E-state index in [0.717, 1.165) is 5.69 Å². The van der Waals surface area contributed by atoms with Gasteiger partial charge in [-0.2, -0.15) is 0 Å². The molecule has 21 heavy (non-hydrogen) atoms. The fourth-order valence-electron chi connectivity index (χ4n) is 2.51. The van der Waals surface area contributed by atoms with Crippen molar-refractivity contribution >= 4 is 27.2 Å². The van der Waals surface area contributed by atoms with Crippen LogP contribution in [0.5, 0.6) is 0 Å². The molecule has 116 valence electrons.